The zero-order chi connectivity index (χ0) is 38.5. The van der Waals surface area contributed by atoms with Gasteiger partial charge in [0.2, 0.25) is 0 Å². The van der Waals surface area contributed by atoms with Gasteiger partial charge in [-0.3, -0.25) is 0 Å². The van der Waals surface area contributed by atoms with Gasteiger partial charge < -0.3 is 9.13 Å². The molecule has 0 saturated carbocycles. The van der Waals surface area contributed by atoms with Crippen molar-refractivity contribution in [1.29, 1.82) is 0 Å². The predicted octanol–water partition coefficient (Wildman–Crippen LogP) is 15.1. The number of benzene rings is 10. The molecule has 58 heavy (non-hydrogen) atoms. The van der Waals surface area contributed by atoms with Crippen LogP contribution in [-0.4, -0.2) is 9.13 Å². The van der Waals surface area contributed by atoms with Crippen LogP contribution in [0.25, 0.3) is 120 Å². The van der Waals surface area contributed by atoms with Crippen LogP contribution in [-0.2, 0) is 14.1 Å². The first-order valence-corrected chi connectivity index (χ1v) is 20.1. The van der Waals surface area contributed by atoms with Crippen molar-refractivity contribution < 1.29 is 0 Å². The minimum absolute atomic E-state index is 1.21. The molecule has 2 aromatic heterocycles. The fourth-order valence-electron chi connectivity index (χ4n) is 10.2. The van der Waals surface area contributed by atoms with E-state index in [0.717, 1.165) is 0 Å². The maximum atomic E-state index is 2.50. The molecule has 0 saturated heterocycles. The van der Waals surface area contributed by atoms with Crippen LogP contribution < -0.4 is 0 Å². The number of hydrogen-bond acceptors (Lipinski definition) is 0. The van der Waals surface area contributed by atoms with Crippen LogP contribution >= 0.6 is 0 Å². The van der Waals surface area contributed by atoms with Gasteiger partial charge in [0.25, 0.3) is 0 Å². The molecule has 2 heteroatoms. The largest absolute Gasteiger partial charge is 0.344 e. The standard InChI is InChI=1S/C56H38N2/c1-57-49-28-10-8-20-45(49)53-41(26-14-30-51(53)57)39-22-12-24-43-47(39)34-48-40(42-27-15-31-52-54(42)46-21-9-11-29-50(46)58(52)2)23-13-25-44(48)56(43)55-37-19-7-6-18-36(37)32-33-38(55)35-16-4-3-5-17-35/h3-34H,1-2H3. The second kappa shape index (κ2) is 12.5. The molecule has 2 nitrogen and oxygen atoms in total. The topological polar surface area (TPSA) is 9.86 Å². The molecule has 0 aliphatic carbocycles. The van der Waals surface area contributed by atoms with Gasteiger partial charge in [-0.1, -0.05) is 164 Å². The summed E-state index contributed by atoms with van der Waals surface area (Å²) in [5.41, 5.74) is 14.9. The third kappa shape index (κ3) is 4.60. The average molecular weight is 739 g/mol. The Kier molecular flexibility index (Phi) is 7.09. The molecule has 272 valence electrons. The van der Waals surface area contributed by atoms with Gasteiger partial charge in [0, 0.05) is 57.7 Å². The summed E-state index contributed by atoms with van der Waals surface area (Å²) in [4.78, 5) is 0. The molecular weight excluding hydrogens is 701 g/mol. The number of rotatable bonds is 4. The Balaban J connectivity index is 1.29. The van der Waals surface area contributed by atoms with Gasteiger partial charge in [0.1, 0.15) is 0 Å². The Bertz CT molecular complexity index is 3460. The molecule has 0 aliphatic rings. The summed E-state index contributed by atoms with van der Waals surface area (Å²) in [5.74, 6) is 0. The monoisotopic (exact) mass is 738 g/mol. The van der Waals surface area contributed by atoms with Crippen LogP contribution in [0, 0.1) is 0 Å². The Morgan fingerprint density at radius 3 is 1.31 bits per heavy atom. The molecule has 0 atom stereocenters. The molecule has 0 fully saturated rings. The van der Waals surface area contributed by atoms with Crippen LogP contribution in [0.3, 0.4) is 0 Å². The number of nitrogens with zero attached hydrogens (tertiary/aromatic N) is 2. The number of aryl methyl sites for hydroxylation is 2. The summed E-state index contributed by atoms with van der Waals surface area (Å²) >= 11 is 0. The van der Waals surface area contributed by atoms with E-state index in [4.69, 9.17) is 0 Å². The number of para-hydroxylation sites is 2. The zero-order valence-electron chi connectivity index (χ0n) is 32.4. The predicted molar refractivity (Wildman–Crippen MR) is 249 cm³/mol. The van der Waals surface area contributed by atoms with E-state index in [0.29, 0.717) is 0 Å². The molecule has 10 aromatic carbocycles. The Morgan fingerprint density at radius 1 is 0.276 bits per heavy atom. The van der Waals surface area contributed by atoms with Crippen LogP contribution in [0.1, 0.15) is 0 Å². The molecule has 2 heterocycles. The summed E-state index contributed by atoms with van der Waals surface area (Å²) in [7, 11) is 4.38. The number of aromatic nitrogens is 2. The van der Waals surface area contributed by atoms with E-state index < -0.39 is 0 Å². The first-order valence-electron chi connectivity index (χ1n) is 20.1. The number of hydrogen-bond donors (Lipinski definition) is 0. The van der Waals surface area contributed by atoms with Crippen LogP contribution in [0.15, 0.2) is 194 Å². The van der Waals surface area contributed by atoms with Crippen molar-refractivity contribution in [2.75, 3.05) is 0 Å². The molecule has 0 N–H and O–H groups in total. The highest BCUT2D eigenvalue weighted by molar-refractivity contribution is 6.26. The first-order chi connectivity index (χ1) is 28.7. The van der Waals surface area contributed by atoms with Crippen molar-refractivity contribution in [2.45, 2.75) is 0 Å². The molecule has 0 aliphatic heterocycles. The van der Waals surface area contributed by atoms with Crippen LogP contribution in [0.5, 0.6) is 0 Å². The van der Waals surface area contributed by atoms with E-state index in [1.165, 1.54) is 120 Å². The normalized spacial score (nSPS) is 12.0. The molecule has 0 radical (unpaired) electrons. The zero-order valence-corrected chi connectivity index (χ0v) is 32.4. The molecule has 0 unspecified atom stereocenters. The summed E-state index contributed by atoms with van der Waals surface area (Å²) in [5, 5.41) is 12.6. The van der Waals surface area contributed by atoms with Gasteiger partial charge in [-0.25, -0.2) is 0 Å². The highest BCUT2D eigenvalue weighted by Crippen LogP contribution is 2.50. The number of fused-ring (bicyclic) bond motifs is 9. The molecule has 0 bridgehead atoms. The third-order valence-corrected chi connectivity index (χ3v) is 12.8. The lowest BCUT2D eigenvalue weighted by Crippen LogP contribution is -1.94. The smallest absolute Gasteiger partial charge is 0.0495 e. The maximum Gasteiger partial charge on any atom is 0.0495 e. The van der Waals surface area contributed by atoms with E-state index in [1.807, 2.05) is 0 Å². The summed E-state index contributed by atoms with van der Waals surface area (Å²) in [6.45, 7) is 0. The molecule has 12 rings (SSSR count). The lowest BCUT2D eigenvalue weighted by Gasteiger charge is -2.21. The second-order valence-corrected chi connectivity index (χ2v) is 15.7. The maximum absolute atomic E-state index is 2.50. The van der Waals surface area contributed by atoms with E-state index in [1.54, 1.807) is 0 Å². The molecule has 12 aromatic rings. The summed E-state index contributed by atoms with van der Waals surface area (Å²) in [6, 6.07) is 72.1. The Hall–Kier alpha value is -7.42. The first kappa shape index (κ1) is 32.8. The lowest BCUT2D eigenvalue weighted by atomic mass is 9.82. The van der Waals surface area contributed by atoms with Crippen molar-refractivity contribution in [3.63, 3.8) is 0 Å². The van der Waals surface area contributed by atoms with Gasteiger partial charge in [-0.15, -0.1) is 0 Å². The van der Waals surface area contributed by atoms with E-state index >= 15 is 0 Å². The van der Waals surface area contributed by atoms with Crippen molar-refractivity contribution in [1.82, 2.24) is 9.13 Å². The van der Waals surface area contributed by atoms with Crippen LogP contribution in [0.2, 0.25) is 0 Å². The minimum Gasteiger partial charge on any atom is -0.344 e. The lowest BCUT2D eigenvalue weighted by molar-refractivity contribution is 1.01. The summed E-state index contributed by atoms with van der Waals surface area (Å²) in [6.07, 6.45) is 0. The van der Waals surface area contributed by atoms with E-state index in [2.05, 4.69) is 217 Å². The van der Waals surface area contributed by atoms with Crippen molar-refractivity contribution in [2.24, 2.45) is 14.1 Å². The van der Waals surface area contributed by atoms with Gasteiger partial charge in [0.15, 0.2) is 0 Å². The van der Waals surface area contributed by atoms with Crippen molar-refractivity contribution in [3.05, 3.63) is 194 Å². The van der Waals surface area contributed by atoms with Crippen molar-refractivity contribution >= 4 is 75.9 Å². The Labute approximate surface area is 336 Å². The van der Waals surface area contributed by atoms with Crippen LogP contribution in [0.4, 0.5) is 0 Å². The Morgan fingerprint density at radius 2 is 0.724 bits per heavy atom. The third-order valence-electron chi connectivity index (χ3n) is 12.8. The average Bonchev–Trinajstić information content (AvgIpc) is 3.75. The highest BCUT2D eigenvalue weighted by Gasteiger charge is 2.23. The highest BCUT2D eigenvalue weighted by atomic mass is 14.9. The van der Waals surface area contributed by atoms with Gasteiger partial charge in [-0.05, 0) is 107 Å². The van der Waals surface area contributed by atoms with E-state index in [-0.39, 0.29) is 0 Å². The van der Waals surface area contributed by atoms with Gasteiger partial charge >= 0.3 is 0 Å². The van der Waals surface area contributed by atoms with Gasteiger partial charge in [-0.2, -0.15) is 0 Å². The molecule has 0 amide bonds. The minimum atomic E-state index is 1.21. The quantitative estimate of drug-likeness (QED) is 0.159. The fraction of sp³-hybridized carbons (Fsp3) is 0.0357. The molecule has 0 spiro atoms. The van der Waals surface area contributed by atoms with Crippen molar-refractivity contribution in [3.8, 4) is 44.5 Å². The van der Waals surface area contributed by atoms with Gasteiger partial charge in [0.05, 0.1) is 0 Å². The fourth-order valence-corrected chi connectivity index (χ4v) is 10.2. The molecular formula is C56H38N2. The van der Waals surface area contributed by atoms with E-state index in [9.17, 15) is 0 Å². The SMILES string of the molecule is Cn1c2ccccc2c2c(-c3cccc4c(-c5c(-c6ccccc6)ccc6ccccc56)c5cccc(-c6cccc7c6c6ccccc6n7C)c5cc34)cccc21. The summed E-state index contributed by atoms with van der Waals surface area (Å²) < 4.78 is 4.68. The second-order valence-electron chi connectivity index (χ2n) is 15.7.